The van der Waals surface area contributed by atoms with Gasteiger partial charge in [-0.1, -0.05) is 15.9 Å². The molecule has 0 unspecified atom stereocenters. The van der Waals surface area contributed by atoms with E-state index in [2.05, 4.69) is 50.4 Å². The Labute approximate surface area is 163 Å². The van der Waals surface area contributed by atoms with Gasteiger partial charge in [-0.15, -0.1) is 0 Å². The zero-order valence-corrected chi connectivity index (χ0v) is 16.8. The van der Waals surface area contributed by atoms with Crippen molar-refractivity contribution < 1.29 is 14.2 Å². The van der Waals surface area contributed by atoms with E-state index in [4.69, 9.17) is 14.2 Å². The molecule has 2 aromatic carbocycles. The van der Waals surface area contributed by atoms with E-state index in [1.165, 1.54) is 5.69 Å². The van der Waals surface area contributed by atoms with Gasteiger partial charge < -0.3 is 24.4 Å². The molecule has 140 valence electrons. The summed E-state index contributed by atoms with van der Waals surface area (Å²) in [4.78, 5) is 2.35. The maximum Gasteiger partial charge on any atom is 0.162 e. The third kappa shape index (κ3) is 4.62. The van der Waals surface area contributed by atoms with Gasteiger partial charge in [-0.25, -0.2) is 0 Å². The van der Waals surface area contributed by atoms with Crippen molar-refractivity contribution in [3.05, 3.63) is 46.4 Å². The van der Waals surface area contributed by atoms with Crippen molar-refractivity contribution in [2.24, 2.45) is 0 Å². The highest BCUT2D eigenvalue weighted by Crippen LogP contribution is 2.34. The first-order valence-corrected chi connectivity index (χ1v) is 9.66. The lowest BCUT2D eigenvalue weighted by Crippen LogP contribution is -2.36. The van der Waals surface area contributed by atoms with Crippen LogP contribution in [0.1, 0.15) is 12.5 Å². The maximum absolute atomic E-state index is 5.61. The average Bonchev–Trinajstić information content (AvgIpc) is 2.69. The van der Waals surface area contributed by atoms with Crippen LogP contribution < -0.4 is 19.7 Å². The van der Waals surface area contributed by atoms with Gasteiger partial charge in [0.15, 0.2) is 11.5 Å². The number of hydrogen-bond donors (Lipinski definition) is 1. The molecule has 5 nitrogen and oxygen atoms in total. The van der Waals surface area contributed by atoms with Gasteiger partial charge in [-0.05, 0) is 48.9 Å². The molecule has 1 aliphatic heterocycles. The van der Waals surface area contributed by atoms with Gasteiger partial charge in [0.05, 0.1) is 26.9 Å². The number of methoxy groups -OCH3 is 1. The summed E-state index contributed by atoms with van der Waals surface area (Å²) in [5, 5.41) is 3.47. The molecule has 0 amide bonds. The summed E-state index contributed by atoms with van der Waals surface area (Å²) >= 11 is 3.62. The van der Waals surface area contributed by atoms with Crippen LogP contribution in [0.3, 0.4) is 0 Å². The Kier molecular flexibility index (Phi) is 6.63. The first-order chi connectivity index (χ1) is 12.7. The Bertz CT molecular complexity index is 716. The number of rotatable bonds is 7. The number of morpholine rings is 1. The zero-order chi connectivity index (χ0) is 18.4. The Hall–Kier alpha value is -1.92. The number of halogens is 1. The van der Waals surface area contributed by atoms with E-state index in [0.717, 1.165) is 53.5 Å². The van der Waals surface area contributed by atoms with Crippen molar-refractivity contribution in [1.29, 1.82) is 0 Å². The van der Waals surface area contributed by atoms with Crippen LogP contribution >= 0.6 is 15.9 Å². The fourth-order valence-electron chi connectivity index (χ4n) is 2.95. The highest BCUT2D eigenvalue weighted by Gasteiger charge is 2.12. The first kappa shape index (κ1) is 18.9. The van der Waals surface area contributed by atoms with Gasteiger partial charge in [-0.2, -0.15) is 0 Å². The molecule has 1 fully saturated rings. The van der Waals surface area contributed by atoms with Gasteiger partial charge in [0.1, 0.15) is 0 Å². The molecule has 0 spiro atoms. The van der Waals surface area contributed by atoms with Crippen LogP contribution in [0.5, 0.6) is 11.5 Å². The topological polar surface area (TPSA) is 43.0 Å². The van der Waals surface area contributed by atoms with Crippen LogP contribution in [0.15, 0.2) is 40.9 Å². The van der Waals surface area contributed by atoms with E-state index in [1.807, 2.05) is 19.1 Å². The van der Waals surface area contributed by atoms with E-state index in [0.29, 0.717) is 13.2 Å². The number of ether oxygens (including phenoxy) is 3. The molecule has 1 saturated heterocycles. The van der Waals surface area contributed by atoms with E-state index in [-0.39, 0.29) is 0 Å². The second kappa shape index (κ2) is 9.14. The molecule has 6 heteroatoms. The van der Waals surface area contributed by atoms with Gasteiger partial charge in [0.25, 0.3) is 0 Å². The van der Waals surface area contributed by atoms with Crippen molar-refractivity contribution in [3.63, 3.8) is 0 Å². The predicted molar refractivity (Wildman–Crippen MR) is 109 cm³/mol. The van der Waals surface area contributed by atoms with Crippen molar-refractivity contribution in [1.82, 2.24) is 0 Å². The van der Waals surface area contributed by atoms with Crippen molar-refractivity contribution in [2.75, 3.05) is 50.2 Å². The Balaban J connectivity index is 1.65. The summed E-state index contributed by atoms with van der Waals surface area (Å²) in [6, 6.07) is 12.5. The molecular weight excluding hydrogens is 396 g/mol. The van der Waals surface area contributed by atoms with Crippen LogP contribution in [0, 0.1) is 0 Å². The monoisotopic (exact) mass is 420 g/mol. The van der Waals surface area contributed by atoms with Gasteiger partial charge in [0.2, 0.25) is 0 Å². The summed E-state index contributed by atoms with van der Waals surface area (Å²) in [6.45, 7) is 6.76. The number of hydrogen-bond acceptors (Lipinski definition) is 5. The lowest BCUT2D eigenvalue weighted by atomic mass is 10.2. The predicted octanol–water partition coefficient (Wildman–Crippen LogP) is 4.31. The zero-order valence-electron chi connectivity index (χ0n) is 15.3. The van der Waals surface area contributed by atoms with Crippen LogP contribution in [0.25, 0.3) is 0 Å². The van der Waals surface area contributed by atoms with Crippen molar-refractivity contribution in [2.45, 2.75) is 13.5 Å². The smallest absolute Gasteiger partial charge is 0.162 e. The molecular formula is C20H25BrN2O3. The fourth-order valence-corrected chi connectivity index (χ4v) is 3.41. The third-order valence-electron chi connectivity index (χ3n) is 4.36. The van der Waals surface area contributed by atoms with Crippen LogP contribution in [0.4, 0.5) is 11.4 Å². The van der Waals surface area contributed by atoms with E-state index < -0.39 is 0 Å². The number of anilines is 2. The van der Waals surface area contributed by atoms with Gasteiger partial charge in [0, 0.05) is 35.5 Å². The molecule has 0 atom stereocenters. The van der Waals surface area contributed by atoms with Crippen molar-refractivity contribution >= 4 is 27.3 Å². The number of nitrogens with one attached hydrogen (secondary N) is 1. The standard InChI is InChI=1S/C20H25BrN2O3/c1-3-26-20-13-18(21)15(12-19(20)24-2)14-22-16-4-6-17(7-5-16)23-8-10-25-11-9-23/h4-7,12-13,22H,3,8-11,14H2,1-2H3. The molecule has 0 aliphatic carbocycles. The van der Waals surface area contributed by atoms with Crippen molar-refractivity contribution in [3.8, 4) is 11.5 Å². The molecule has 1 aliphatic rings. The minimum Gasteiger partial charge on any atom is -0.493 e. The molecule has 0 bridgehead atoms. The highest BCUT2D eigenvalue weighted by atomic mass is 79.9. The van der Waals surface area contributed by atoms with E-state index in [9.17, 15) is 0 Å². The maximum atomic E-state index is 5.61. The van der Waals surface area contributed by atoms with Crippen LogP contribution in [0.2, 0.25) is 0 Å². The Morgan fingerprint density at radius 3 is 2.50 bits per heavy atom. The molecule has 0 radical (unpaired) electrons. The summed E-state index contributed by atoms with van der Waals surface area (Å²) in [5.41, 5.74) is 3.44. The fraction of sp³-hybridized carbons (Fsp3) is 0.400. The summed E-state index contributed by atoms with van der Waals surface area (Å²) < 4.78 is 17.5. The summed E-state index contributed by atoms with van der Waals surface area (Å²) in [7, 11) is 1.66. The largest absolute Gasteiger partial charge is 0.493 e. The molecule has 26 heavy (non-hydrogen) atoms. The highest BCUT2D eigenvalue weighted by molar-refractivity contribution is 9.10. The first-order valence-electron chi connectivity index (χ1n) is 8.87. The average molecular weight is 421 g/mol. The molecule has 1 N–H and O–H groups in total. The van der Waals surface area contributed by atoms with Gasteiger partial charge in [-0.3, -0.25) is 0 Å². The molecule has 3 rings (SSSR count). The Morgan fingerprint density at radius 2 is 1.85 bits per heavy atom. The second-order valence-electron chi connectivity index (χ2n) is 6.03. The normalized spacial score (nSPS) is 14.2. The Morgan fingerprint density at radius 1 is 1.12 bits per heavy atom. The van der Waals surface area contributed by atoms with E-state index in [1.54, 1.807) is 7.11 Å². The van der Waals surface area contributed by atoms with E-state index >= 15 is 0 Å². The molecule has 0 aromatic heterocycles. The third-order valence-corrected chi connectivity index (χ3v) is 5.10. The summed E-state index contributed by atoms with van der Waals surface area (Å²) in [6.07, 6.45) is 0. The summed E-state index contributed by atoms with van der Waals surface area (Å²) in [5.74, 6) is 1.50. The lowest BCUT2D eigenvalue weighted by Gasteiger charge is -2.29. The SMILES string of the molecule is CCOc1cc(Br)c(CNc2ccc(N3CCOCC3)cc2)cc1OC. The number of nitrogens with zero attached hydrogens (tertiary/aromatic N) is 1. The molecule has 1 heterocycles. The molecule has 0 saturated carbocycles. The minimum atomic E-state index is 0.607. The second-order valence-corrected chi connectivity index (χ2v) is 6.88. The van der Waals surface area contributed by atoms with Crippen LogP contribution in [-0.2, 0) is 11.3 Å². The van der Waals surface area contributed by atoms with Crippen LogP contribution in [-0.4, -0.2) is 40.0 Å². The quantitative estimate of drug-likeness (QED) is 0.722. The van der Waals surface area contributed by atoms with Gasteiger partial charge >= 0.3 is 0 Å². The molecule has 2 aromatic rings. The minimum absolute atomic E-state index is 0.607. The lowest BCUT2D eigenvalue weighted by molar-refractivity contribution is 0.122. The number of benzene rings is 2.